The molecule has 1 fully saturated rings. The van der Waals surface area contributed by atoms with Crippen molar-refractivity contribution in [3.63, 3.8) is 0 Å². The molecule has 3 rings (SSSR count). The molecule has 1 heterocycles. The molecule has 2 unspecified atom stereocenters. The van der Waals surface area contributed by atoms with Gasteiger partial charge in [0.05, 0.1) is 48.2 Å². The van der Waals surface area contributed by atoms with Gasteiger partial charge in [-0.05, 0) is 37.2 Å². The van der Waals surface area contributed by atoms with Gasteiger partial charge in [-0.3, -0.25) is 9.69 Å². The molecule has 10 heteroatoms. The van der Waals surface area contributed by atoms with E-state index in [-0.39, 0.29) is 24.0 Å². The number of benzene rings is 2. The van der Waals surface area contributed by atoms with Crippen molar-refractivity contribution < 1.29 is 23.8 Å². The molecule has 1 aliphatic heterocycles. The summed E-state index contributed by atoms with van der Waals surface area (Å²) >= 11 is 6.13. The minimum atomic E-state index is -0.335. The Morgan fingerprint density at radius 3 is 2.56 bits per heavy atom. The molecule has 1 aliphatic rings. The summed E-state index contributed by atoms with van der Waals surface area (Å²) < 4.78 is 15.8. The molecule has 0 aliphatic carbocycles. The summed E-state index contributed by atoms with van der Waals surface area (Å²) in [6, 6.07) is 10.4. The Kier molecular flexibility index (Phi) is 9.95. The normalized spacial score (nSPS) is 18.2. The number of nitrogen functional groups attached to an aromatic ring is 1. The summed E-state index contributed by atoms with van der Waals surface area (Å²) in [5.41, 5.74) is 8.20. The molecule has 0 saturated carbocycles. The summed E-state index contributed by atoms with van der Waals surface area (Å²) in [6.45, 7) is 4.06. The number of piperidine rings is 1. The van der Waals surface area contributed by atoms with Gasteiger partial charge < -0.3 is 30.2 Å². The molecule has 0 bridgehead atoms. The number of esters is 1. The number of nitrogens with zero attached hydrogens (tertiary/aromatic N) is 2. The number of hydrogen-bond donors (Lipinski definition) is 2. The van der Waals surface area contributed by atoms with Gasteiger partial charge in [-0.25, -0.2) is 4.79 Å². The van der Waals surface area contributed by atoms with Crippen LogP contribution in [0.3, 0.4) is 0 Å². The van der Waals surface area contributed by atoms with Gasteiger partial charge in [-0.15, -0.1) is 0 Å². The van der Waals surface area contributed by atoms with Crippen molar-refractivity contribution >= 4 is 29.2 Å². The van der Waals surface area contributed by atoms with Crippen LogP contribution < -0.4 is 15.8 Å². The van der Waals surface area contributed by atoms with Gasteiger partial charge in [0.15, 0.2) is 0 Å². The van der Waals surface area contributed by atoms with E-state index in [4.69, 9.17) is 31.5 Å². The molecule has 1 saturated heterocycles. The molecule has 196 valence electrons. The summed E-state index contributed by atoms with van der Waals surface area (Å²) in [6.07, 6.45) is 0.614. The smallest absolute Gasteiger partial charge is 0.337 e. The van der Waals surface area contributed by atoms with E-state index in [1.54, 1.807) is 25.3 Å². The molecule has 3 N–H and O–H groups in total. The zero-order valence-corrected chi connectivity index (χ0v) is 22.0. The zero-order chi connectivity index (χ0) is 26.2. The number of carbonyl (C=O) groups excluding carboxylic acids is 2. The number of methoxy groups -OCH3 is 3. The fraction of sp³-hybridized carbons (Fsp3) is 0.462. The molecule has 2 atom stereocenters. The number of anilines is 1. The largest absolute Gasteiger partial charge is 0.496 e. The van der Waals surface area contributed by atoms with Crippen LogP contribution in [0.15, 0.2) is 36.4 Å². The van der Waals surface area contributed by atoms with Crippen LogP contribution in [0, 0.1) is 0 Å². The van der Waals surface area contributed by atoms with Crippen molar-refractivity contribution in [1.82, 2.24) is 15.1 Å². The molecular formula is C26H35ClN4O5. The molecule has 2 aromatic carbocycles. The minimum Gasteiger partial charge on any atom is -0.496 e. The first-order valence-electron chi connectivity index (χ1n) is 11.8. The van der Waals surface area contributed by atoms with Crippen molar-refractivity contribution in [2.24, 2.45) is 0 Å². The van der Waals surface area contributed by atoms with Crippen LogP contribution in [0.5, 0.6) is 5.75 Å². The van der Waals surface area contributed by atoms with Gasteiger partial charge in [0, 0.05) is 45.9 Å². The second-order valence-electron chi connectivity index (χ2n) is 8.94. The maximum atomic E-state index is 13.0. The van der Waals surface area contributed by atoms with E-state index < -0.39 is 0 Å². The number of likely N-dealkylation sites (N-methyl/N-ethyl adjacent to an activating group) is 1. The third kappa shape index (κ3) is 7.10. The Labute approximate surface area is 217 Å². The Hall–Kier alpha value is -2.85. The average Bonchev–Trinajstić information content (AvgIpc) is 2.89. The van der Waals surface area contributed by atoms with E-state index >= 15 is 0 Å². The van der Waals surface area contributed by atoms with Crippen molar-refractivity contribution in [2.75, 3.05) is 60.3 Å². The Morgan fingerprint density at radius 1 is 1.19 bits per heavy atom. The SMILES string of the molecule is COC(=O)c1ccc(CN(C)CCN2CCC(NC(=O)c3cc(Cl)c(N)cc3OC)C(OC)C2)cc1. The van der Waals surface area contributed by atoms with Crippen molar-refractivity contribution in [1.29, 1.82) is 0 Å². The quantitative estimate of drug-likeness (QED) is 0.365. The summed E-state index contributed by atoms with van der Waals surface area (Å²) in [5, 5.41) is 3.39. The molecule has 0 aromatic heterocycles. The van der Waals surface area contributed by atoms with Crippen molar-refractivity contribution in [3.05, 3.63) is 58.1 Å². The summed E-state index contributed by atoms with van der Waals surface area (Å²) in [7, 11) is 6.60. The Morgan fingerprint density at radius 2 is 1.92 bits per heavy atom. The molecule has 0 spiro atoms. The highest BCUT2D eigenvalue weighted by Gasteiger charge is 2.31. The number of ether oxygens (including phenoxy) is 3. The molecular weight excluding hydrogens is 484 g/mol. The fourth-order valence-electron chi connectivity index (χ4n) is 4.32. The number of halogens is 1. The maximum absolute atomic E-state index is 13.0. The molecule has 2 aromatic rings. The number of hydrogen-bond acceptors (Lipinski definition) is 8. The van der Waals surface area contributed by atoms with E-state index in [9.17, 15) is 9.59 Å². The van der Waals surface area contributed by atoms with E-state index in [1.807, 2.05) is 12.1 Å². The van der Waals surface area contributed by atoms with Gasteiger partial charge >= 0.3 is 5.97 Å². The lowest BCUT2D eigenvalue weighted by molar-refractivity contribution is 0.00440. The summed E-state index contributed by atoms with van der Waals surface area (Å²) in [5.74, 6) is -0.227. The second-order valence-corrected chi connectivity index (χ2v) is 9.35. The van der Waals surface area contributed by atoms with Gasteiger partial charge in [0.2, 0.25) is 0 Å². The molecule has 1 amide bonds. The van der Waals surface area contributed by atoms with Crippen molar-refractivity contribution in [3.8, 4) is 5.75 Å². The lowest BCUT2D eigenvalue weighted by Gasteiger charge is -2.38. The first kappa shape index (κ1) is 27.7. The topological polar surface area (TPSA) is 106 Å². The van der Waals surface area contributed by atoms with E-state index in [1.165, 1.54) is 20.3 Å². The van der Waals surface area contributed by atoms with E-state index in [0.717, 1.165) is 38.2 Å². The number of nitrogens with one attached hydrogen (secondary N) is 1. The van der Waals surface area contributed by atoms with Crippen LogP contribution >= 0.6 is 11.6 Å². The number of rotatable bonds is 10. The van der Waals surface area contributed by atoms with Crippen molar-refractivity contribution in [2.45, 2.75) is 25.1 Å². The van der Waals surface area contributed by atoms with Gasteiger partial charge in [0.25, 0.3) is 5.91 Å². The third-order valence-corrected chi connectivity index (χ3v) is 6.78. The van der Waals surface area contributed by atoms with Gasteiger partial charge in [0.1, 0.15) is 5.75 Å². The third-order valence-electron chi connectivity index (χ3n) is 6.45. The lowest BCUT2D eigenvalue weighted by Crippen LogP contribution is -2.55. The highest BCUT2D eigenvalue weighted by Crippen LogP contribution is 2.29. The fourth-order valence-corrected chi connectivity index (χ4v) is 4.48. The minimum absolute atomic E-state index is 0.133. The van der Waals surface area contributed by atoms with E-state index in [2.05, 4.69) is 22.2 Å². The molecule has 36 heavy (non-hydrogen) atoms. The van der Waals surface area contributed by atoms with Crippen LogP contribution in [-0.4, -0.2) is 88.4 Å². The first-order chi connectivity index (χ1) is 17.2. The molecule has 9 nitrogen and oxygen atoms in total. The first-order valence-corrected chi connectivity index (χ1v) is 12.2. The monoisotopic (exact) mass is 518 g/mol. The number of amides is 1. The van der Waals surface area contributed by atoms with Crippen LogP contribution in [0.4, 0.5) is 5.69 Å². The Balaban J connectivity index is 1.50. The summed E-state index contributed by atoms with van der Waals surface area (Å²) in [4.78, 5) is 29.1. The Bertz CT molecular complexity index is 1050. The average molecular weight is 519 g/mol. The second kappa shape index (κ2) is 12.9. The highest BCUT2D eigenvalue weighted by molar-refractivity contribution is 6.33. The van der Waals surface area contributed by atoms with E-state index in [0.29, 0.717) is 34.1 Å². The maximum Gasteiger partial charge on any atom is 0.337 e. The molecule has 0 radical (unpaired) electrons. The van der Waals surface area contributed by atoms with Crippen LogP contribution in [0.1, 0.15) is 32.7 Å². The lowest BCUT2D eigenvalue weighted by atomic mass is 10.0. The zero-order valence-electron chi connectivity index (χ0n) is 21.3. The number of likely N-dealkylation sites (tertiary alicyclic amines) is 1. The highest BCUT2D eigenvalue weighted by atomic mass is 35.5. The standard InChI is InChI=1S/C26H35ClN4O5/c1-30(15-17-5-7-18(8-6-17)26(33)36-4)11-12-31-10-9-22(24(16-31)35-3)29-25(32)19-13-20(27)21(28)14-23(19)34-2/h5-8,13-14,22,24H,9-12,15-16,28H2,1-4H3,(H,29,32). The van der Waals surface area contributed by atoms with Crippen LogP contribution in [-0.2, 0) is 16.0 Å². The number of nitrogens with two attached hydrogens (primary N) is 1. The number of carbonyl (C=O) groups is 2. The van der Waals surface area contributed by atoms with Gasteiger partial charge in [-0.1, -0.05) is 23.7 Å². The predicted octanol–water partition coefficient (Wildman–Crippen LogP) is 2.67. The predicted molar refractivity (Wildman–Crippen MR) is 140 cm³/mol. The van der Waals surface area contributed by atoms with Gasteiger partial charge in [-0.2, -0.15) is 0 Å². The van der Waals surface area contributed by atoms with Crippen LogP contribution in [0.2, 0.25) is 5.02 Å². The van der Waals surface area contributed by atoms with Crippen LogP contribution in [0.25, 0.3) is 0 Å².